The fourth-order valence-corrected chi connectivity index (χ4v) is 2.79. The number of benzene rings is 2. The summed E-state index contributed by atoms with van der Waals surface area (Å²) >= 11 is 3.37. The second-order valence-electron chi connectivity index (χ2n) is 5.46. The molecule has 4 nitrogen and oxygen atoms in total. The maximum atomic E-state index is 12.1. The molecule has 23 heavy (non-hydrogen) atoms. The quantitative estimate of drug-likeness (QED) is 0.877. The van der Waals surface area contributed by atoms with Gasteiger partial charge in [0.05, 0.1) is 6.04 Å². The summed E-state index contributed by atoms with van der Waals surface area (Å²) in [7, 11) is 0. The van der Waals surface area contributed by atoms with Crippen molar-refractivity contribution in [3.8, 4) is 11.5 Å². The van der Waals surface area contributed by atoms with Crippen LogP contribution in [0, 0.1) is 0 Å². The maximum Gasteiger partial charge on any atom is 0.251 e. The van der Waals surface area contributed by atoms with Gasteiger partial charge in [0.1, 0.15) is 11.5 Å². The molecule has 0 aliphatic heterocycles. The Morgan fingerprint density at radius 1 is 1.04 bits per heavy atom. The Kier molecular flexibility index (Phi) is 4.76. The third-order valence-electron chi connectivity index (χ3n) is 3.78. The molecule has 5 heteroatoms. The van der Waals surface area contributed by atoms with Gasteiger partial charge in [0, 0.05) is 16.5 Å². The standard InChI is InChI=1S/C18H16BrNO3/c19-13-6-10-15(11-7-13)23-14-8-4-12(5-9-14)18(22)20-16-2-1-3-17(16)21/h4-11,16H,1-3H2,(H,20,22). The van der Waals surface area contributed by atoms with Crippen LogP contribution < -0.4 is 10.1 Å². The van der Waals surface area contributed by atoms with Crippen LogP contribution in [0.5, 0.6) is 11.5 Å². The van der Waals surface area contributed by atoms with E-state index in [-0.39, 0.29) is 17.7 Å². The molecule has 2 aromatic rings. The van der Waals surface area contributed by atoms with Crippen molar-refractivity contribution >= 4 is 27.6 Å². The minimum absolute atomic E-state index is 0.119. The normalized spacial score (nSPS) is 17.1. The number of ketones is 1. The molecule has 0 saturated heterocycles. The zero-order chi connectivity index (χ0) is 16.2. The number of halogens is 1. The van der Waals surface area contributed by atoms with Crippen molar-refractivity contribution in [1.82, 2.24) is 5.32 Å². The molecule has 1 aliphatic rings. The van der Waals surface area contributed by atoms with Crippen molar-refractivity contribution < 1.29 is 14.3 Å². The molecule has 1 fully saturated rings. The van der Waals surface area contributed by atoms with Gasteiger partial charge in [0.15, 0.2) is 5.78 Å². The van der Waals surface area contributed by atoms with Gasteiger partial charge in [-0.3, -0.25) is 9.59 Å². The van der Waals surface area contributed by atoms with Crippen LogP contribution in [-0.4, -0.2) is 17.7 Å². The topological polar surface area (TPSA) is 55.4 Å². The lowest BCUT2D eigenvalue weighted by Crippen LogP contribution is -2.37. The average Bonchev–Trinajstić information content (AvgIpc) is 2.95. The molecule has 0 spiro atoms. The fourth-order valence-electron chi connectivity index (χ4n) is 2.52. The zero-order valence-corrected chi connectivity index (χ0v) is 14.0. The van der Waals surface area contributed by atoms with Gasteiger partial charge in [-0.25, -0.2) is 0 Å². The Morgan fingerprint density at radius 2 is 1.65 bits per heavy atom. The van der Waals surface area contributed by atoms with E-state index >= 15 is 0 Å². The molecule has 1 N–H and O–H groups in total. The van der Waals surface area contributed by atoms with Crippen LogP contribution in [0.4, 0.5) is 0 Å². The summed E-state index contributed by atoms with van der Waals surface area (Å²) in [6.45, 7) is 0. The molecular formula is C18H16BrNO3. The van der Waals surface area contributed by atoms with Crippen LogP contribution in [0.25, 0.3) is 0 Å². The summed E-state index contributed by atoms with van der Waals surface area (Å²) in [4.78, 5) is 23.7. The Labute approximate surface area is 143 Å². The van der Waals surface area contributed by atoms with E-state index in [9.17, 15) is 9.59 Å². The number of nitrogens with one attached hydrogen (secondary N) is 1. The van der Waals surface area contributed by atoms with E-state index in [1.807, 2.05) is 24.3 Å². The summed E-state index contributed by atoms with van der Waals surface area (Å²) in [5.41, 5.74) is 0.521. The van der Waals surface area contributed by atoms with Gasteiger partial charge >= 0.3 is 0 Å². The summed E-state index contributed by atoms with van der Waals surface area (Å²) in [5, 5.41) is 2.79. The number of hydrogen-bond donors (Lipinski definition) is 1. The van der Waals surface area contributed by atoms with Crippen molar-refractivity contribution in [1.29, 1.82) is 0 Å². The van der Waals surface area contributed by atoms with E-state index in [2.05, 4.69) is 21.2 Å². The number of carbonyl (C=O) groups is 2. The SMILES string of the molecule is O=C(NC1CCCC1=O)c1ccc(Oc2ccc(Br)cc2)cc1. The lowest BCUT2D eigenvalue weighted by molar-refractivity contribution is -0.118. The van der Waals surface area contributed by atoms with E-state index in [1.165, 1.54) is 0 Å². The number of amides is 1. The van der Waals surface area contributed by atoms with E-state index in [0.717, 1.165) is 23.1 Å². The van der Waals surface area contributed by atoms with E-state index < -0.39 is 0 Å². The number of hydrogen-bond acceptors (Lipinski definition) is 3. The summed E-state index contributed by atoms with van der Waals surface area (Å²) < 4.78 is 6.70. The van der Waals surface area contributed by atoms with Crippen molar-refractivity contribution in [3.05, 3.63) is 58.6 Å². The molecule has 3 rings (SSSR count). The molecule has 1 aliphatic carbocycles. The van der Waals surface area contributed by atoms with Crippen molar-refractivity contribution in [3.63, 3.8) is 0 Å². The molecule has 118 valence electrons. The lowest BCUT2D eigenvalue weighted by Gasteiger charge is -2.11. The third kappa shape index (κ3) is 3.99. The molecule has 2 aromatic carbocycles. The Balaban J connectivity index is 1.63. The molecule has 1 atom stereocenters. The number of Topliss-reactive ketones (excluding diaryl/α,β-unsaturated/α-hetero) is 1. The number of rotatable bonds is 4. The van der Waals surface area contributed by atoms with Gasteiger partial charge in [-0.2, -0.15) is 0 Å². The monoisotopic (exact) mass is 373 g/mol. The first kappa shape index (κ1) is 15.7. The molecule has 0 radical (unpaired) electrons. The highest BCUT2D eigenvalue weighted by Gasteiger charge is 2.26. The number of carbonyl (C=O) groups excluding carboxylic acids is 2. The summed E-state index contributed by atoms with van der Waals surface area (Å²) in [5.74, 6) is 1.27. The lowest BCUT2D eigenvalue weighted by atomic mass is 10.1. The number of ether oxygens (including phenoxy) is 1. The molecule has 1 unspecified atom stereocenters. The molecule has 0 bridgehead atoms. The first-order valence-electron chi connectivity index (χ1n) is 7.49. The second-order valence-corrected chi connectivity index (χ2v) is 6.38. The fraction of sp³-hybridized carbons (Fsp3) is 0.222. The molecule has 0 heterocycles. The minimum atomic E-state index is -0.332. The van der Waals surface area contributed by atoms with Crippen LogP contribution in [0.3, 0.4) is 0 Å². The maximum absolute atomic E-state index is 12.1. The van der Waals surface area contributed by atoms with Crippen LogP contribution in [0.2, 0.25) is 0 Å². The first-order chi connectivity index (χ1) is 11.1. The third-order valence-corrected chi connectivity index (χ3v) is 4.30. The summed E-state index contributed by atoms with van der Waals surface area (Å²) in [6.07, 6.45) is 2.14. The van der Waals surface area contributed by atoms with Crippen molar-refractivity contribution in [2.45, 2.75) is 25.3 Å². The van der Waals surface area contributed by atoms with Crippen LogP contribution in [-0.2, 0) is 4.79 Å². The van der Waals surface area contributed by atoms with E-state index in [4.69, 9.17) is 4.74 Å². The highest BCUT2D eigenvalue weighted by atomic mass is 79.9. The predicted octanol–water partition coefficient (Wildman–Crippen LogP) is 4.09. The van der Waals surface area contributed by atoms with E-state index in [1.54, 1.807) is 24.3 Å². The van der Waals surface area contributed by atoms with Crippen molar-refractivity contribution in [2.24, 2.45) is 0 Å². The molecule has 1 saturated carbocycles. The Morgan fingerprint density at radius 3 is 2.22 bits per heavy atom. The zero-order valence-electron chi connectivity index (χ0n) is 12.4. The minimum Gasteiger partial charge on any atom is -0.457 e. The summed E-state index contributed by atoms with van der Waals surface area (Å²) in [6, 6.07) is 14.1. The smallest absolute Gasteiger partial charge is 0.251 e. The van der Waals surface area contributed by atoms with E-state index in [0.29, 0.717) is 17.7 Å². The van der Waals surface area contributed by atoms with Crippen LogP contribution in [0.1, 0.15) is 29.6 Å². The van der Waals surface area contributed by atoms with Crippen molar-refractivity contribution in [2.75, 3.05) is 0 Å². The van der Waals surface area contributed by atoms with Gasteiger partial charge in [0.2, 0.25) is 0 Å². The average molecular weight is 374 g/mol. The van der Waals surface area contributed by atoms with Gasteiger partial charge in [0.25, 0.3) is 5.91 Å². The largest absolute Gasteiger partial charge is 0.457 e. The highest BCUT2D eigenvalue weighted by Crippen LogP contribution is 2.23. The predicted molar refractivity (Wildman–Crippen MR) is 90.8 cm³/mol. The molecular weight excluding hydrogens is 358 g/mol. The van der Waals surface area contributed by atoms with Gasteiger partial charge in [-0.05, 0) is 61.4 Å². The molecule has 1 amide bonds. The van der Waals surface area contributed by atoms with Crippen LogP contribution in [0.15, 0.2) is 53.0 Å². The second kappa shape index (κ2) is 6.96. The van der Waals surface area contributed by atoms with Gasteiger partial charge in [-0.15, -0.1) is 0 Å². The Bertz CT molecular complexity index is 710. The first-order valence-corrected chi connectivity index (χ1v) is 8.28. The highest BCUT2D eigenvalue weighted by molar-refractivity contribution is 9.10. The van der Waals surface area contributed by atoms with Gasteiger partial charge in [-0.1, -0.05) is 15.9 Å². The Hall–Kier alpha value is -2.14. The van der Waals surface area contributed by atoms with Crippen LogP contribution >= 0.6 is 15.9 Å². The van der Waals surface area contributed by atoms with Gasteiger partial charge < -0.3 is 10.1 Å². The molecule has 0 aromatic heterocycles.